The maximum Gasteiger partial charge on any atom is 0.414 e. The van der Waals surface area contributed by atoms with Crippen molar-refractivity contribution in [2.75, 3.05) is 137 Å². The second-order valence-electron chi connectivity index (χ2n) is 31.5. The molecule has 32 nitrogen and oxygen atoms in total. The Balaban J connectivity index is 0.533. The van der Waals surface area contributed by atoms with Gasteiger partial charge in [-0.25, -0.2) is 14.3 Å². The van der Waals surface area contributed by atoms with Crippen molar-refractivity contribution in [2.45, 2.75) is 239 Å². The summed E-state index contributed by atoms with van der Waals surface area (Å²) in [7, 11) is 4.81. The van der Waals surface area contributed by atoms with Gasteiger partial charge in [-0.05, 0) is 99.8 Å². The predicted molar refractivity (Wildman–Crippen MR) is 414 cm³/mol. The number of hydrogen-bond donors (Lipinski definition) is 3. The third-order valence-corrected chi connectivity index (χ3v) is 25.1. The Labute approximate surface area is 675 Å². The first-order valence-electron chi connectivity index (χ1n) is 40.5. The van der Waals surface area contributed by atoms with Gasteiger partial charge in [-0.15, -0.1) is 5.10 Å². The number of aliphatic hydroxyl groups is 1. The van der Waals surface area contributed by atoms with E-state index >= 15 is 0 Å². The molecule has 10 fully saturated rings. The van der Waals surface area contributed by atoms with E-state index in [1.165, 1.54) is 17.1 Å². The van der Waals surface area contributed by atoms with Gasteiger partial charge in [0.15, 0.2) is 5.79 Å². The lowest BCUT2D eigenvalue weighted by atomic mass is 9.81. The average molecular weight is 1640 g/mol. The van der Waals surface area contributed by atoms with Crippen LogP contribution in [0.5, 0.6) is 0 Å². The number of benzene rings is 1. The lowest BCUT2D eigenvalue weighted by Gasteiger charge is -2.47. The summed E-state index contributed by atoms with van der Waals surface area (Å²) in [5.41, 5.74) is 3.94. The van der Waals surface area contributed by atoms with E-state index in [-0.39, 0.29) is 162 Å². The zero-order chi connectivity index (χ0) is 80.1. The van der Waals surface area contributed by atoms with Crippen molar-refractivity contribution in [3.63, 3.8) is 0 Å². The minimum atomic E-state index is -1.07. The summed E-state index contributed by atoms with van der Waals surface area (Å²) in [6.07, 6.45) is 6.54. The van der Waals surface area contributed by atoms with Crippen LogP contribution >= 0.6 is 21.6 Å². The molecule has 12 bridgehead atoms. The number of rotatable bonds is 41. The van der Waals surface area contributed by atoms with E-state index in [0.717, 1.165) is 48.2 Å². The van der Waals surface area contributed by atoms with Gasteiger partial charge in [-0.2, -0.15) is 0 Å². The second-order valence-corrected chi connectivity index (χ2v) is 34.6. The van der Waals surface area contributed by atoms with Crippen molar-refractivity contribution in [2.24, 2.45) is 11.8 Å². The number of ketones is 1. The number of alkyl carbamates (subject to hydrolysis) is 1. The fourth-order valence-corrected chi connectivity index (χ4v) is 18.8. The molecule has 2 unspecified atom stereocenters. The number of carbonyl (C=O) groups excluding carboxylic acids is 6. The fraction of sp³-hybridized carbons (Fsp3) is 0.750. The molecule has 1 aromatic carbocycles. The molecule has 634 valence electrons. The minimum Gasteiger partial charge on any atom is -0.448 e. The highest BCUT2D eigenvalue weighted by Crippen LogP contribution is 2.55. The molecule has 0 aliphatic carbocycles. The van der Waals surface area contributed by atoms with E-state index in [1.54, 1.807) is 63.8 Å². The molecule has 5 amide bonds. The number of Topliss-reactive ketones (excluding diaryl/α,β-unsaturated/α-hetero) is 1. The smallest absolute Gasteiger partial charge is 0.414 e. The predicted octanol–water partition coefficient (Wildman–Crippen LogP) is 6.48. The minimum absolute atomic E-state index is 0.0126. The van der Waals surface area contributed by atoms with E-state index in [2.05, 4.69) is 41.0 Å². The summed E-state index contributed by atoms with van der Waals surface area (Å²) in [6.45, 7) is 20.8. The molecule has 34 heteroatoms. The van der Waals surface area contributed by atoms with E-state index in [1.807, 2.05) is 20.1 Å². The normalized spacial score (nSPS) is 30.9. The molecular formula is C80H117N7O25S2. The van der Waals surface area contributed by atoms with Gasteiger partial charge in [-0.3, -0.25) is 29.0 Å². The molecule has 2 aromatic rings. The number of carbonyl (C=O) groups is 6. The Morgan fingerprint density at radius 1 is 0.693 bits per heavy atom. The van der Waals surface area contributed by atoms with Gasteiger partial charge in [0.25, 0.3) is 11.8 Å². The van der Waals surface area contributed by atoms with Crippen molar-refractivity contribution in [3.8, 4) is 0 Å². The number of methoxy groups -OCH3 is 1. The summed E-state index contributed by atoms with van der Waals surface area (Å²) in [4.78, 5) is 79.3. The third kappa shape index (κ3) is 24.6. The van der Waals surface area contributed by atoms with Gasteiger partial charge in [0, 0.05) is 95.4 Å². The van der Waals surface area contributed by atoms with Gasteiger partial charge in [0.2, 0.25) is 5.91 Å². The van der Waals surface area contributed by atoms with Crippen molar-refractivity contribution < 1.29 is 119 Å². The van der Waals surface area contributed by atoms with Crippen LogP contribution in [0, 0.1) is 11.8 Å². The molecular weight excluding hydrogens is 1520 g/mol. The first kappa shape index (κ1) is 87.7. The van der Waals surface area contributed by atoms with Crippen LogP contribution in [0.4, 0.5) is 15.3 Å². The van der Waals surface area contributed by atoms with Crippen molar-refractivity contribution in [1.29, 1.82) is 0 Å². The molecule has 1 aromatic heterocycles. The molecule has 0 saturated carbocycles. The standard InChI is InChI=1S/C80H117N7O25S2/c1-50-38-58-12-14-62-51(2)39-60(105-62)18-20-80-44-67-73(111-80)74-75(110-67)76(112-80)72-63(109-74)15-13-59(107-72)40-56(88)41-61-65(43-64(106-58)52(50)3)108-66(71(61)95-6)42-57(89)45-82-77(93)103-47-53-8-10-55(11-9-53)86(78(94)104-49-79(4,5)114-113-7)24-27-98-30-33-100-32-29-97-26-23-85-46-54(83-84-85)48-102-37-36-101-35-34-99-31-28-96-25-21-81-68(90)19-22-87-69(91)16-17-70(87)92/h8-11,16-17,46,50,57-67,71-76,89H,2-3,12-15,18-45,47-49H2,1,4-7H3,(H,81,90)(H,82,93)/t50-,57+,58+,59-,60+,61+,62+,63+,64-,65?,66-,67-,71-,72+,73-,74?,75-,76+,80+/m1/s1. The Morgan fingerprint density at radius 3 is 2.10 bits per heavy atom. The van der Waals surface area contributed by atoms with E-state index in [0.29, 0.717) is 135 Å². The number of anilines is 1. The Kier molecular flexibility index (Phi) is 33.0. The van der Waals surface area contributed by atoms with E-state index in [9.17, 15) is 33.9 Å². The van der Waals surface area contributed by atoms with Crippen molar-refractivity contribution in [3.05, 3.63) is 78.2 Å². The van der Waals surface area contributed by atoms with Crippen LogP contribution in [0.15, 0.2) is 66.9 Å². The van der Waals surface area contributed by atoms with Crippen LogP contribution in [-0.4, -0.2) is 301 Å². The number of imide groups is 1. The van der Waals surface area contributed by atoms with Crippen molar-refractivity contribution in [1.82, 2.24) is 30.5 Å². The monoisotopic (exact) mass is 1640 g/mol. The zero-order valence-corrected chi connectivity index (χ0v) is 68.0. The number of nitrogens with one attached hydrogen (secondary N) is 2. The maximum atomic E-state index is 14.6. The summed E-state index contributed by atoms with van der Waals surface area (Å²) in [5.74, 6) is -2.17. The molecule has 114 heavy (non-hydrogen) atoms. The number of hydrogen-bond acceptors (Lipinski definition) is 29. The van der Waals surface area contributed by atoms with E-state index < -0.39 is 72.3 Å². The SMILES string of the molecule is C=C1C[C@@H]2CC[C@@]34C[C@H]5O[C@@H]6C(O[C@H]7CC[C@H](CC(=O)C[C@H]8C(C[C@H]9O[C@@H](CC[C@@H]1O2)C[C@@H](C)C9=C)O[C@H](C[C@H](O)CNC(=O)OCc1ccc(N(CCOCCOCCOCCn2cc(COCCOCCOCCOCCNC(=O)CCN9C(=O)C=CC9=O)nn2)C(=O)OCC(C)(C)SSC)cc1)[C@@H]8OC)O[C@@H]7[C@@H]6O3)[C@@H]5O4. The first-order chi connectivity index (χ1) is 55.2. The quantitative estimate of drug-likeness (QED) is 0.0277. The van der Waals surface area contributed by atoms with Crippen LogP contribution in [0.25, 0.3) is 0 Å². The molecule has 12 heterocycles. The topological polar surface area (TPSA) is 350 Å². The average Bonchev–Trinajstić information content (AvgIpc) is 1.55. The Bertz CT molecular complexity index is 3510. The zero-order valence-electron chi connectivity index (χ0n) is 66.4. The van der Waals surface area contributed by atoms with Crippen molar-refractivity contribution >= 4 is 63.0 Å². The van der Waals surface area contributed by atoms with Crippen LogP contribution in [0.3, 0.4) is 0 Å². The molecule has 1 spiro atoms. The molecule has 13 rings (SSSR count). The van der Waals surface area contributed by atoms with Gasteiger partial charge < -0.3 is 101 Å². The second kappa shape index (κ2) is 42.9. The summed E-state index contributed by atoms with van der Waals surface area (Å²) >= 11 is 0. The number of fused-ring (bicyclic) bond motifs is 6. The lowest BCUT2D eigenvalue weighted by Crippen LogP contribution is -2.61. The van der Waals surface area contributed by atoms with Crippen LogP contribution in [0.1, 0.15) is 122 Å². The molecule has 10 saturated heterocycles. The highest BCUT2D eigenvalue weighted by Gasteiger charge is 2.69. The van der Waals surface area contributed by atoms with Gasteiger partial charge >= 0.3 is 12.2 Å². The molecule has 3 N–H and O–H groups in total. The maximum absolute atomic E-state index is 14.6. The number of amides is 5. The van der Waals surface area contributed by atoms with Gasteiger partial charge in [-0.1, -0.05) is 59.0 Å². The van der Waals surface area contributed by atoms with Gasteiger partial charge in [0.1, 0.15) is 55.2 Å². The third-order valence-electron chi connectivity index (χ3n) is 22.5. The lowest BCUT2D eigenvalue weighted by molar-refractivity contribution is -0.292. The van der Waals surface area contributed by atoms with Crippen LogP contribution in [-0.2, 0) is 124 Å². The van der Waals surface area contributed by atoms with E-state index in [4.69, 9.17) is 85.3 Å². The number of aliphatic hydroxyl groups excluding tert-OH is 1. The first-order valence-corrected chi connectivity index (χ1v) is 43.0. The summed E-state index contributed by atoms with van der Waals surface area (Å²) < 4.78 is 113. The summed E-state index contributed by atoms with van der Waals surface area (Å²) in [6, 6.07) is 7.02. The Hall–Kier alpha value is -5.58. The number of ether oxygens (including phenoxy) is 18. The Morgan fingerprint density at radius 2 is 1.36 bits per heavy atom. The van der Waals surface area contributed by atoms with Crippen LogP contribution in [0.2, 0.25) is 0 Å². The summed E-state index contributed by atoms with van der Waals surface area (Å²) in [5, 5.41) is 25.3. The van der Waals surface area contributed by atoms with Gasteiger partial charge in [0.05, 0.1) is 184 Å². The molecule has 11 aliphatic heterocycles. The van der Waals surface area contributed by atoms with Crippen LogP contribution < -0.4 is 15.5 Å². The molecule has 0 radical (unpaired) electrons. The molecule has 19 atom stereocenters. The number of nitrogens with zero attached hydrogens (tertiary/aromatic N) is 5. The largest absolute Gasteiger partial charge is 0.448 e. The fourth-order valence-electron chi connectivity index (χ4n) is 16.8. The highest BCUT2D eigenvalue weighted by molar-refractivity contribution is 8.77. The molecule has 11 aliphatic rings. The number of aromatic nitrogens is 3. The highest BCUT2D eigenvalue weighted by atomic mass is 33.1.